The lowest BCUT2D eigenvalue weighted by Gasteiger charge is -2.33. The van der Waals surface area contributed by atoms with Gasteiger partial charge in [-0.15, -0.1) is 0 Å². The second kappa shape index (κ2) is 4.60. The third-order valence-corrected chi connectivity index (χ3v) is 5.09. The molecule has 1 saturated carbocycles. The van der Waals surface area contributed by atoms with Crippen LogP contribution in [-0.2, 0) is 4.79 Å². The zero-order valence-electron chi connectivity index (χ0n) is 10.8. The molecule has 96 valence electrons. The molecule has 0 aromatic rings. The van der Waals surface area contributed by atoms with Gasteiger partial charge in [-0.25, -0.2) is 0 Å². The summed E-state index contributed by atoms with van der Waals surface area (Å²) in [6.45, 7) is 4.23. The molecule has 2 saturated heterocycles. The van der Waals surface area contributed by atoms with Crippen molar-refractivity contribution < 1.29 is 4.79 Å². The van der Waals surface area contributed by atoms with E-state index in [2.05, 4.69) is 17.1 Å². The van der Waals surface area contributed by atoms with Gasteiger partial charge in [0.1, 0.15) is 0 Å². The molecule has 1 amide bonds. The minimum absolute atomic E-state index is 0.107. The van der Waals surface area contributed by atoms with Crippen LogP contribution < -0.4 is 5.32 Å². The molecular weight excluding hydrogens is 212 g/mol. The van der Waals surface area contributed by atoms with Gasteiger partial charge in [-0.1, -0.05) is 19.8 Å². The van der Waals surface area contributed by atoms with Crippen LogP contribution in [0.3, 0.4) is 0 Å². The lowest BCUT2D eigenvalue weighted by molar-refractivity contribution is -0.135. The second-order valence-corrected chi connectivity index (χ2v) is 6.13. The Labute approximate surface area is 104 Å². The molecule has 1 N–H and O–H groups in total. The van der Waals surface area contributed by atoms with E-state index in [4.69, 9.17) is 0 Å². The van der Waals surface area contributed by atoms with E-state index in [0.717, 1.165) is 25.4 Å². The van der Waals surface area contributed by atoms with Gasteiger partial charge in [0, 0.05) is 12.6 Å². The van der Waals surface area contributed by atoms with Crippen molar-refractivity contribution in [2.75, 3.05) is 13.1 Å². The molecule has 0 aromatic heterocycles. The van der Waals surface area contributed by atoms with Crippen molar-refractivity contribution in [1.82, 2.24) is 10.2 Å². The molecule has 4 atom stereocenters. The molecule has 4 unspecified atom stereocenters. The quantitative estimate of drug-likeness (QED) is 0.752. The fraction of sp³-hybridized carbons (Fsp3) is 0.929. The Morgan fingerprint density at radius 3 is 2.76 bits per heavy atom. The molecule has 3 rings (SSSR count). The van der Waals surface area contributed by atoms with Crippen molar-refractivity contribution in [3.8, 4) is 0 Å². The minimum atomic E-state index is 0.107. The van der Waals surface area contributed by atoms with Crippen molar-refractivity contribution >= 4 is 5.91 Å². The molecule has 2 heterocycles. The molecule has 1 aliphatic carbocycles. The lowest BCUT2D eigenvalue weighted by Crippen LogP contribution is -2.49. The van der Waals surface area contributed by atoms with Crippen LogP contribution in [-0.4, -0.2) is 36.0 Å². The van der Waals surface area contributed by atoms with Crippen LogP contribution in [0, 0.1) is 11.8 Å². The number of carbonyl (C=O) groups is 1. The monoisotopic (exact) mass is 236 g/mol. The number of carbonyl (C=O) groups excluding carboxylic acids is 1. The van der Waals surface area contributed by atoms with E-state index in [1.807, 2.05) is 0 Å². The van der Waals surface area contributed by atoms with Gasteiger partial charge >= 0.3 is 0 Å². The molecular formula is C14H24N2O. The van der Waals surface area contributed by atoms with Crippen molar-refractivity contribution in [1.29, 1.82) is 0 Å². The van der Waals surface area contributed by atoms with Crippen molar-refractivity contribution in [3.05, 3.63) is 0 Å². The highest BCUT2D eigenvalue weighted by Crippen LogP contribution is 2.37. The normalized spacial score (nSPS) is 41.6. The van der Waals surface area contributed by atoms with Crippen LogP contribution in [0.1, 0.15) is 45.4 Å². The van der Waals surface area contributed by atoms with Gasteiger partial charge in [-0.2, -0.15) is 0 Å². The molecule has 3 fully saturated rings. The SMILES string of the molecule is CC1CCNC1C(=O)N1CCC2CCCCC21. The van der Waals surface area contributed by atoms with Crippen molar-refractivity contribution in [2.24, 2.45) is 11.8 Å². The van der Waals surface area contributed by atoms with E-state index in [9.17, 15) is 4.79 Å². The summed E-state index contributed by atoms with van der Waals surface area (Å²) in [5.74, 6) is 1.72. The number of likely N-dealkylation sites (tertiary alicyclic amines) is 1. The molecule has 3 heteroatoms. The molecule has 0 radical (unpaired) electrons. The number of rotatable bonds is 1. The zero-order valence-corrected chi connectivity index (χ0v) is 10.8. The summed E-state index contributed by atoms with van der Waals surface area (Å²) in [5, 5.41) is 3.39. The Balaban J connectivity index is 1.69. The van der Waals surface area contributed by atoms with Crippen molar-refractivity contribution in [2.45, 2.75) is 57.5 Å². The van der Waals surface area contributed by atoms with Crippen LogP contribution >= 0.6 is 0 Å². The highest BCUT2D eigenvalue weighted by Gasteiger charge is 2.42. The first-order valence-electron chi connectivity index (χ1n) is 7.31. The fourth-order valence-corrected chi connectivity index (χ4v) is 4.02. The first kappa shape index (κ1) is 11.5. The molecule has 2 aliphatic heterocycles. The summed E-state index contributed by atoms with van der Waals surface area (Å²) in [6.07, 6.45) is 7.69. The van der Waals surface area contributed by atoms with Crippen LogP contribution in [0.25, 0.3) is 0 Å². The minimum Gasteiger partial charge on any atom is -0.338 e. The van der Waals surface area contributed by atoms with E-state index in [-0.39, 0.29) is 6.04 Å². The smallest absolute Gasteiger partial charge is 0.240 e. The Morgan fingerprint density at radius 2 is 2.00 bits per heavy atom. The number of amides is 1. The Bertz CT molecular complexity index is 305. The second-order valence-electron chi connectivity index (χ2n) is 6.13. The summed E-state index contributed by atoms with van der Waals surface area (Å²) < 4.78 is 0. The van der Waals surface area contributed by atoms with Crippen LogP contribution in [0.4, 0.5) is 0 Å². The summed E-state index contributed by atoms with van der Waals surface area (Å²) in [6, 6.07) is 0.682. The molecule has 17 heavy (non-hydrogen) atoms. The maximum Gasteiger partial charge on any atom is 0.240 e. The van der Waals surface area contributed by atoms with E-state index >= 15 is 0 Å². The molecule has 3 aliphatic rings. The standard InChI is InChI=1S/C14H24N2O/c1-10-6-8-15-13(10)14(17)16-9-7-11-4-2-3-5-12(11)16/h10-13,15H,2-9H2,1H3. The highest BCUT2D eigenvalue weighted by atomic mass is 16.2. The third kappa shape index (κ3) is 1.99. The summed E-state index contributed by atoms with van der Waals surface area (Å²) >= 11 is 0. The van der Waals surface area contributed by atoms with Gasteiger partial charge < -0.3 is 10.2 Å². The topological polar surface area (TPSA) is 32.3 Å². The maximum absolute atomic E-state index is 12.6. The molecule has 3 nitrogen and oxygen atoms in total. The Hall–Kier alpha value is -0.570. The Kier molecular flexibility index (Phi) is 3.12. The summed E-state index contributed by atoms with van der Waals surface area (Å²) in [7, 11) is 0. The van der Waals surface area contributed by atoms with E-state index in [1.165, 1.54) is 32.1 Å². The highest BCUT2D eigenvalue weighted by molar-refractivity contribution is 5.83. The van der Waals surface area contributed by atoms with Gasteiger partial charge in [0.15, 0.2) is 0 Å². The number of nitrogens with one attached hydrogen (secondary N) is 1. The predicted molar refractivity (Wildman–Crippen MR) is 67.6 cm³/mol. The molecule has 0 spiro atoms. The van der Waals surface area contributed by atoms with Crippen LogP contribution in [0.5, 0.6) is 0 Å². The summed E-state index contributed by atoms with van der Waals surface area (Å²) in [5.41, 5.74) is 0. The average molecular weight is 236 g/mol. The average Bonchev–Trinajstić information content (AvgIpc) is 2.94. The fourth-order valence-electron chi connectivity index (χ4n) is 4.02. The largest absolute Gasteiger partial charge is 0.338 e. The van der Waals surface area contributed by atoms with Gasteiger partial charge in [0.25, 0.3) is 0 Å². The Morgan fingerprint density at radius 1 is 1.18 bits per heavy atom. The van der Waals surface area contributed by atoms with Crippen LogP contribution in [0.15, 0.2) is 0 Å². The predicted octanol–water partition coefficient (Wildman–Crippen LogP) is 1.78. The van der Waals surface area contributed by atoms with Gasteiger partial charge in [-0.05, 0) is 44.1 Å². The molecule has 0 aromatic carbocycles. The van der Waals surface area contributed by atoms with E-state index < -0.39 is 0 Å². The zero-order chi connectivity index (χ0) is 11.8. The van der Waals surface area contributed by atoms with Crippen molar-refractivity contribution in [3.63, 3.8) is 0 Å². The molecule has 0 bridgehead atoms. The van der Waals surface area contributed by atoms with Gasteiger partial charge in [0.2, 0.25) is 5.91 Å². The number of hydrogen-bond acceptors (Lipinski definition) is 2. The number of nitrogens with zero attached hydrogens (tertiary/aromatic N) is 1. The van der Waals surface area contributed by atoms with Gasteiger partial charge in [0.05, 0.1) is 6.04 Å². The first-order chi connectivity index (χ1) is 8.27. The van der Waals surface area contributed by atoms with Crippen LogP contribution in [0.2, 0.25) is 0 Å². The lowest BCUT2D eigenvalue weighted by atomic mass is 9.85. The van der Waals surface area contributed by atoms with E-state index in [0.29, 0.717) is 17.9 Å². The number of hydrogen-bond donors (Lipinski definition) is 1. The number of fused-ring (bicyclic) bond motifs is 1. The van der Waals surface area contributed by atoms with Gasteiger partial charge in [-0.3, -0.25) is 4.79 Å². The van der Waals surface area contributed by atoms with E-state index in [1.54, 1.807) is 0 Å². The maximum atomic E-state index is 12.6. The first-order valence-corrected chi connectivity index (χ1v) is 7.31. The summed E-state index contributed by atoms with van der Waals surface area (Å²) in [4.78, 5) is 14.8. The third-order valence-electron chi connectivity index (χ3n) is 5.09.